The molecule has 3 heteroatoms. The first-order valence-electron chi connectivity index (χ1n) is 6.49. The van der Waals surface area contributed by atoms with Crippen LogP contribution in [0.15, 0.2) is 54.7 Å². The summed E-state index contributed by atoms with van der Waals surface area (Å²) in [4.78, 5) is 4.30. The number of benzene rings is 1. The molecule has 2 rings (SSSR count). The van der Waals surface area contributed by atoms with Gasteiger partial charge in [-0.3, -0.25) is 4.98 Å². The molecule has 0 N–H and O–H groups in total. The SMILES string of the molecule is CC(C)Oc1cccc(C(=CC#N)c2ccccn2)c1. The molecule has 0 spiro atoms. The summed E-state index contributed by atoms with van der Waals surface area (Å²) in [7, 11) is 0. The summed E-state index contributed by atoms with van der Waals surface area (Å²) in [6, 6.07) is 15.4. The number of pyridine rings is 1. The molecule has 0 fully saturated rings. The Bertz CT molecular complexity index is 640. The van der Waals surface area contributed by atoms with E-state index < -0.39 is 0 Å². The topological polar surface area (TPSA) is 45.9 Å². The fraction of sp³-hybridized carbons (Fsp3) is 0.176. The van der Waals surface area contributed by atoms with Gasteiger partial charge in [0.1, 0.15) is 5.75 Å². The molecule has 3 nitrogen and oxygen atoms in total. The number of aromatic nitrogens is 1. The van der Waals surface area contributed by atoms with Crippen LogP contribution in [0.4, 0.5) is 0 Å². The van der Waals surface area contributed by atoms with Crippen molar-refractivity contribution in [1.29, 1.82) is 5.26 Å². The molecule has 2 aromatic rings. The Morgan fingerprint density at radius 1 is 1.25 bits per heavy atom. The predicted molar refractivity (Wildman–Crippen MR) is 79.1 cm³/mol. The standard InChI is InChI=1S/C17H16N2O/c1-13(2)20-15-7-5-6-14(12-15)16(9-10-18)17-8-3-4-11-19-17/h3-9,11-13H,1-2H3. The van der Waals surface area contributed by atoms with E-state index in [4.69, 9.17) is 10.00 Å². The molecule has 1 aromatic heterocycles. The van der Waals surface area contributed by atoms with E-state index >= 15 is 0 Å². The largest absolute Gasteiger partial charge is 0.491 e. The number of hydrogen-bond donors (Lipinski definition) is 0. The summed E-state index contributed by atoms with van der Waals surface area (Å²) in [5.41, 5.74) is 2.49. The predicted octanol–water partition coefficient (Wildman–Crippen LogP) is 3.82. The third-order valence-electron chi connectivity index (χ3n) is 2.67. The van der Waals surface area contributed by atoms with Gasteiger partial charge in [0, 0.05) is 17.8 Å². The Morgan fingerprint density at radius 2 is 2.10 bits per heavy atom. The average Bonchev–Trinajstić information content (AvgIpc) is 2.45. The van der Waals surface area contributed by atoms with Crippen molar-refractivity contribution in [2.45, 2.75) is 20.0 Å². The summed E-state index contributed by atoms with van der Waals surface area (Å²) < 4.78 is 5.69. The highest BCUT2D eigenvalue weighted by atomic mass is 16.5. The van der Waals surface area contributed by atoms with Crippen LogP contribution in [0.3, 0.4) is 0 Å². The van der Waals surface area contributed by atoms with Crippen molar-refractivity contribution in [2.24, 2.45) is 0 Å². The molecule has 100 valence electrons. The third-order valence-corrected chi connectivity index (χ3v) is 2.67. The van der Waals surface area contributed by atoms with Crippen LogP contribution >= 0.6 is 0 Å². The summed E-state index contributed by atoms with van der Waals surface area (Å²) >= 11 is 0. The zero-order valence-electron chi connectivity index (χ0n) is 11.6. The molecule has 1 aromatic carbocycles. The normalized spacial score (nSPS) is 11.2. The number of allylic oxidation sites excluding steroid dienone is 1. The van der Waals surface area contributed by atoms with Crippen molar-refractivity contribution < 1.29 is 4.74 Å². The van der Waals surface area contributed by atoms with Crippen molar-refractivity contribution in [1.82, 2.24) is 4.98 Å². The molecule has 0 unspecified atom stereocenters. The Morgan fingerprint density at radius 3 is 2.75 bits per heavy atom. The molecule has 1 heterocycles. The first-order chi connectivity index (χ1) is 9.70. The number of hydrogen-bond acceptors (Lipinski definition) is 3. The van der Waals surface area contributed by atoms with Crippen LogP contribution in [0.5, 0.6) is 5.75 Å². The molecular formula is C17H16N2O. The minimum absolute atomic E-state index is 0.114. The van der Waals surface area contributed by atoms with Crippen molar-refractivity contribution in [3.63, 3.8) is 0 Å². The summed E-state index contributed by atoms with van der Waals surface area (Å²) in [6.45, 7) is 3.97. The maximum absolute atomic E-state index is 8.99. The van der Waals surface area contributed by atoms with E-state index in [1.165, 1.54) is 6.08 Å². The third kappa shape index (κ3) is 3.46. The Hall–Kier alpha value is -2.60. The van der Waals surface area contributed by atoms with Gasteiger partial charge in [-0.25, -0.2) is 0 Å². The summed E-state index contributed by atoms with van der Waals surface area (Å²) in [6.07, 6.45) is 3.34. The Balaban J connectivity index is 2.41. The molecule has 0 saturated carbocycles. The van der Waals surface area contributed by atoms with Crippen molar-refractivity contribution in [3.05, 3.63) is 66.0 Å². The lowest BCUT2D eigenvalue weighted by molar-refractivity contribution is 0.242. The highest BCUT2D eigenvalue weighted by molar-refractivity contribution is 5.79. The van der Waals surface area contributed by atoms with Crippen LogP contribution in [0.25, 0.3) is 5.57 Å². The summed E-state index contributed by atoms with van der Waals surface area (Å²) in [5, 5.41) is 8.99. The first-order valence-corrected chi connectivity index (χ1v) is 6.49. The lowest BCUT2D eigenvalue weighted by Crippen LogP contribution is -2.05. The molecule has 20 heavy (non-hydrogen) atoms. The Labute approximate surface area is 119 Å². The maximum Gasteiger partial charge on any atom is 0.120 e. The summed E-state index contributed by atoms with van der Waals surface area (Å²) in [5.74, 6) is 0.789. The molecule has 0 aliphatic carbocycles. The van der Waals surface area contributed by atoms with E-state index in [0.717, 1.165) is 22.6 Å². The van der Waals surface area contributed by atoms with Gasteiger partial charge in [0.05, 0.1) is 17.9 Å². The molecule has 0 aliphatic rings. The van der Waals surface area contributed by atoms with Crippen LogP contribution in [0.1, 0.15) is 25.1 Å². The lowest BCUT2D eigenvalue weighted by atomic mass is 10.0. The van der Waals surface area contributed by atoms with E-state index in [-0.39, 0.29) is 6.10 Å². The van der Waals surface area contributed by atoms with E-state index in [2.05, 4.69) is 11.1 Å². The van der Waals surface area contributed by atoms with Gasteiger partial charge in [0.2, 0.25) is 0 Å². The van der Waals surface area contributed by atoms with Crippen LogP contribution < -0.4 is 4.74 Å². The monoisotopic (exact) mass is 264 g/mol. The van der Waals surface area contributed by atoms with Crippen LogP contribution in [0.2, 0.25) is 0 Å². The second-order valence-electron chi connectivity index (χ2n) is 4.60. The smallest absolute Gasteiger partial charge is 0.120 e. The fourth-order valence-electron chi connectivity index (χ4n) is 1.90. The first kappa shape index (κ1) is 13.8. The molecule has 0 amide bonds. The van der Waals surface area contributed by atoms with Gasteiger partial charge in [-0.15, -0.1) is 0 Å². The van der Waals surface area contributed by atoms with Crippen LogP contribution in [-0.2, 0) is 0 Å². The van der Waals surface area contributed by atoms with Crippen molar-refractivity contribution in [2.75, 3.05) is 0 Å². The van der Waals surface area contributed by atoms with Crippen LogP contribution in [0, 0.1) is 11.3 Å². The van der Waals surface area contributed by atoms with Crippen molar-refractivity contribution >= 4 is 5.57 Å². The lowest BCUT2D eigenvalue weighted by Gasteiger charge is -2.12. The molecule has 0 aliphatic heterocycles. The van der Waals surface area contributed by atoms with E-state index in [9.17, 15) is 0 Å². The van der Waals surface area contributed by atoms with Gasteiger partial charge in [-0.05, 0) is 43.7 Å². The highest BCUT2D eigenvalue weighted by Gasteiger charge is 2.07. The molecular weight excluding hydrogens is 248 g/mol. The second-order valence-corrected chi connectivity index (χ2v) is 4.60. The van der Waals surface area contributed by atoms with Crippen molar-refractivity contribution in [3.8, 4) is 11.8 Å². The van der Waals surface area contributed by atoms with Gasteiger partial charge in [-0.1, -0.05) is 18.2 Å². The fourth-order valence-corrected chi connectivity index (χ4v) is 1.90. The molecule has 0 atom stereocenters. The highest BCUT2D eigenvalue weighted by Crippen LogP contribution is 2.25. The van der Waals surface area contributed by atoms with Crippen LogP contribution in [-0.4, -0.2) is 11.1 Å². The minimum atomic E-state index is 0.114. The zero-order valence-corrected chi connectivity index (χ0v) is 11.6. The van der Waals surface area contributed by atoms with Gasteiger partial charge in [0.15, 0.2) is 0 Å². The van der Waals surface area contributed by atoms with E-state index in [1.54, 1.807) is 6.20 Å². The number of rotatable bonds is 4. The molecule has 0 bridgehead atoms. The molecule has 0 radical (unpaired) electrons. The maximum atomic E-state index is 8.99. The number of nitriles is 1. The van der Waals surface area contributed by atoms with Gasteiger partial charge < -0.3 is 4.74 Å². The van der Waals surface area contributed by atoms with Gasteiger partial charge >= 0.3 is 0 Å². The molecule has 0 saturated heterocycles. The van der Waals surface area contributed by atoms with Gasteiger partial charge in [0.25, 0.3) is 0 Å². The Kier molecular flexibility index (Phi) is 4.52. The second kappa shape index (κ2) is 6.53. The van der Waals surface area contributed by atoms with Gasteiger partial charge in [-0.2, -0.15) is 5.26 Å². The number of ether oxygens (including phenoxy) is 1. The van der Waals surface area contributed by atoms with E-state index in [0.29, 0.717) is 0 Å². The van der Waals surface area contributed by atoms with E-state index in [1.807, 2.05) is 56.3 Å². The number of nitrogens with zero attached hydrogens (tertiary/aromatic N) is 2. The quantitative estimate of drug-likeness (QED) is 0.788. The zero-order chi connectivity index (χ0) is 14.4. The average molecular weight is 264 g/mol. The minimum Gasteiger partial charge on any atom is -0.491 e.